The minimum absolute atomic E-state index is 0. The number of benzene rings is 3. The van der Waals surface area contributed by atoms with E-state index < -0.39 is 21.0 Å². The minimum Gasteiger partial charge on any atom is -0.744 e. The summed E-state index contributed by atoms with van der Waals surface area (Å²) in [6, 6.07) is 12.9. The molecule has 0 unspecified atom stereocenters. The molecule has 11 heteroatoms. The average Bonchev–Trinajstić information content (AvgIpc) is 2.68. The molecule has 0 atom stereocenters. The van der Waals surface area contributed by atoms with Gasteiger partial charge in [0.05, 0.1) is 16.3 Å². The molecule has 0 spiro atoms. The molecule has 154 valence electrons. The Kier molecular flexibility index (Phi) is 8.04. The van der Waals surface area contributed by atoms with Gasteiger partial charge in [-0.2, -0.15) is 10.2 Å². The van der Waals surface area contributed by atoms with Crippen LogP contribution in [0.5, 0.6) is 0 Å². The van der Waals surface area contributed by atoms with Crippen molar-refractivity contribution in [3.63, 3.8) is 0 Å². The van der Waals surface area contributed by atoms with Crippen molar-refractivity contribution in [1.29, 1.82) is 0 Å². The molecule has 0 heterocycles. The van der Waals surface area contributed by atoms with E-state index in [0.29, 0.717) is 11.4 Å². The molecule has 0 radical (unpaired) electrons. The smallest absolute Gasteiger partial charge is 0.744 e. The number of anilines is 2. The van der Waals surface area contributed by atoms with Crippen LogP contribution in [0, 0.1) is 13.8 Å². The normalized spacial score (nSPS) is 12.4. The molecule has 0 aliphatic heterocycles. The summed E-state index contributed by atoms with van der Waals surface area (Å²) >= 11 is 0. The third-order valence-corrected chi connectivity index (χ3v) is 5.04. The Balaban J connectivity index is 0.00000341. The quantitative estimate of drug-likeness (QED) is 0.250. The number of aryl methyl sites for hydroxylation is 2. The van der Waals surface area contributed by atoms with Crippen LogP contribution in [0.25, 0.3) is 0 Å². The van der Waals surface area contributed by atoms with Crippen molar-refractivity contribution in [2.24, 2.45) is 10.2 Å². The Hall–Kier alpha value is -2.63. The molecule has 9 nitrogen and oxygen atoms in total. The molecule has 0 aromatic heterocycles. The van der Waals surface area contributed by atoms with Gasteiger partial charge in [0.1, 0.15) is 15.5 Å². The topological polar surface area (TPSA) is 140 Å². The van der Waals surface area contributed by atoms with Crippen molar-refractivity contribution >= 4 is 21.5 Å². The maximum atomic E-state index is 12.6. The van der Waals surface area contributed by atoms with Gasteiger partial charge in [0.25, 0.3) is 0 Å². The Morgan fingerprint density at radius 3 is 2.16 bits per heavy atom. The predicted octanol–water partition coefficient (Wildman–Crippen LogP) is -2.34. The number of nitrogens with one attached hydrogen (secondary N) is 2. The van der Waals surface area contributed by atoms with E-state index in [-0.39, 0.29) is 45.2 Å². The van der Waals surface area contributed by atoms with Gasteiger partial charge in [-0.05, 0) is 61.9 Å². The van der Waals surface area contributed by atoms with Gasteiger partial charge >= 0.3 is 29.6 Å². The van der Waals surface area contributed by atoms with E-state index in [9.17, 15) is 22.6 Å². The first-order chi connectivity index (χ1) is 14.1. The largest absolute Gasteiger partial charge is 1.00 e. The van der Waals surface area contributed by atoms with Crippen LogP contribution in [0.4, 0.5) is 11.4 Å². The van der Waals surface area contributed by atoms with Crippen LogP contribution >= 0.6 is 0 Å². The van der Waals surface area contributed by atoms with Gasteiger partial charge in [0.15, 0.2) is 5.36 Å². The molecule has 0 saturated heterocycles. The Labute approximate surface area is 199 Å². The summed E-state index contributed by atoms with van der Waals surface area (Å²) in [5, 5.41) is 7.52. The third kappa shape index (κ3) is 6.18. The summed E-state index contributed by atoms with van der Waals surface area (Å²) in [6.07, 6.45) is 0. The SMILES string of the molecule is Cc1ccc(NN=c2c(=O)ccc(=NN[13c]3[13cH][13cH][13c](S(=O)(=O)[O-])[13cH][13cH]3)c2=O)c(C)c1.[Na+]. The van der Waals surface area contributed by atoms with Crippen LogP contribution in [0.3, 0.4) is 0 Å². The van der Waals surface area contributed by atoms with Crippen molar-refractivity contribution in [2.75, 3.05) is 10.9 Å². The second-order valence-electron chi connectivity index (χ2n) is 6.50. The van der Waals surface area contributed by atoms with E-state index in [1.165, 1.54) is 24.3 Å². The molecule has 31 heavy (non-hydrogen) atoms. The summed E-state index contributed by atoms with van der Waals surface area (Å²) in [5.41, 5.74) is 7.07. The van der Waals surface area contributed by atoms with Crippen LogP contribution in [-0.4, -0.2) is 13.0 Å². The summed E-state index contributed by atoms with van der Waals surface area (Å²) < 4.78 is 32.9. The van der Waals surface area contributed by atoms with Crippen molar-refractivity contribution < 1.29 is 42.5 Å². The van der Waals surface area contributed by atoms with Crippen LogP contribution in [0.2, 0.25) is 0 Å². The molecule has 0 saturated carbocycles. The van der Waals surface area contributed by atoms with Gasteiger partial charge < -0.3 is 4.55 Å². The summed E-state index contributed by atoms with van der Waals surface area (Å²) in [7, 11) is -4.55. The fourth-order valence-electron chi connectivity index (χ4n) is 2.61. The molecule has 0 aliphatic rings. The molecule has 2 N–H and O–H groups in total. The van der Waals surface area contributed by atoms with Gasteiger partial charge in [-0.15, -0.1) is 0 Å². The fraction of sp³-hybridized carbons (Fsp3) is 0.100. The summed E-state index contributed by atoms with van der Waals surface area (Å²) in [5.74, 6) is 0. The van der Waals surface area contributed by atoms with E-state index in [0.717, 1.165) is 23.3 Å². The van der Waals surface area contributed by atoms with Crippen LogP contribution in [-0.2, 0) is 10.1 Å². The zero-order valence-electron chi connectivity index (χ0n) is 17.0. The monoisotopic (exact) mass is 454 g/mol. The molecule has 3 aromatic rings. The van der Waals surface area contributed by atoms with Crippen molar-refractivity contribution in [1.82, 2.24) is 0 Å². The van der Waals surface area contributed by atoms with E-state index >= 15 is 0 Å². The van der Waals surface area contributed by atoms with Gasteiger partial charge in [0.2, 0.25) is 10.9 Å². The van der Waals surface area contributed by atoms with Crippen LogP contribution in [0.15, 0.2) is 79.3 Å². The van der Waals surface area contributed by atoms with Crippen molar-refractivity contribution in [3.8, 4) is 0 Å². The number of hydrogen-bond acceptors (Lipinski definition) is 9. The van der Waals surface area contributed by atoms with Crippen molar-refractivity contribution in [3.05, 3.63) is 96.9 Å². The van der Waals surface area contributed by atoms with Crippen LogP contribution < -0.4 is 62.0 Å². The molecular weight excluding hydrogens is 437 g/mol. The van der Waals surface area contributed by atoms with E-state index in [4.69, 9.17) is 0 Å². The Bertz CT molecular complexity index is 1430. The number of nitrogens with zero attached hydrogens (tertiary/aromatic N) is 2. The second-order valence-corrected chi connectivity index (χ2v) is 7.88. The fourth-order valence-corrected chi connectivity index (χ4v) is 3.08. The first kappa shape index (κ1) is 24.6. The zero-order valence-corrected chi connectivity index (χ0v) is 19.9. The van der Waals surface area contributed by atoms with Crippen LogP contribution in [0.1, 0.15) is 11.1 Å². The summed E-state index contributed by atoms with van der Waals surface area (Å²) in [6.45, 7) is 3.82. The summed E-state index contributed by atoms with van der Waals surface area (Å²) in [4.78, 5) is 24.3. The predicted molar refractivity (Wildman–Crippen MR) is 110 cm³/mol. The first-order valence-corrected chi connectivity index (χ1v) is 10.1. The third-order valence-electron chi connectivity index (χ3n) is 4.19. The maximum absolute atomic E-state index is 12.6. The van der Waals surface area contributed by atoms with Gasteiger partial charge in [-0.25, -0.2) is 8.42 Å². The zero-order chi connectivity index (χ0) is 21.9. The second kappa shape index (κ2) is 10.1. The average molecular weight is 454 g/mol. The molecule has 0 amide bonds. The first-order valence-electron chi connectivity index (χ1n) is 8.73. The molecule has 0 bridgehead atoms. The van der Waals surface area contributed by atoms with E-state index in [2.05, 4.69) is 21.1 Å². The standard InChI is InChI=1S/C20H18N4O5S.Na/c1-12-3-8-16(13(2)11-12)22-24-19-18(25)10-9-17(20(19)26)23-21-14-4-6-15(7-5-14)30(27,28)29;/h3-11,21-22H,1-2H3,(H,27,28,29);/q;+1/p-1/i4+1,5+1,6+1,7+1,14+1,15+1;. The number of rotatable bonds is 5. The van der Waals surface area contributed by atoms with Gasteiger partial charge in [-0.1, -0.05) is 17.7 Å². The molecule has 0 fully saturated rings. The van der Waals surface area contributed by atoms with Crippen molar-refractivity contribution in [2.45, 2.75) is 18.7 Å². The van der Waals surface area contributed by atoms with E-state index in [1.54, 1.807) is 6.07 Å². The molecule has 3 rings (SSSR count). The van der Waals surface area contributed by atoms with Gasteiger partial charge in [0, 0.05) is 0 Å². The van der Waals surface area contributed by atoms with E-state index in [1.807, 2.05) is 26.0 Å². The molecule has 0 aliphatic carbocycles. The Morgan fingerprint density at radius 1 is 0.871 bits per heavy atom. The minimum atomic E-state index is -4.55. The molecule has 3 aromatic carbocycles. The number of hydrogen-bond donors (Lipinski definition) is 2. The Morgan fingerprint density at radius 2 is 1.55 bits per heavy atom. The van der Waals surface area contributed by atoms with Gasteiger partial charge in [-0.3, -0.25) is 20.4 Å². The maximum Gasteiger partial charge on any atom is 1.00 e. The molecular formula is C20H17N4NaO5S.